The van der Waals surface area contributed by atoms with Gasteiger partial charge in [0.1, 0.15) is 5.78 Å². The summed E-state index contributed by atoms with van der Waals surface area (Å²) in [6.45, 7) is 20.7. The predicted octanol–water partition coefficient (Wildman–Crippen LogP) is 8.31. The van der Waals surface area contributed by atoms with Crippen molar-refractivity contribution < 1.29 is 4.79 Å². The van der Waals surface area contributed by atoms with Gasteiger partial charge in [-0.05, 0) is 114 Å². The Morgan fingerprint density at radius 1 is 0.774 bits per heavy atom. The van der Waals surface area contributed by atoms with Crippen LogP contribution in [0, 0.1) is 62.6 Å². The summed E-state index contributed by atoms with van der Waals surface area (Å²) in [6.07, 6.45) is 13.4. The first-order chi connectivity index (χ1) is 14.3. The normalized spacial score (nSPS) is 58.5. The summed E-state index contributed by atoms with van der Waals surface area (Å²) in [6, 6.07) is 0. The Labute approximate surface area is 192 Å². The van der Waals surface area contributed by atoms with Crippen LogP contribution in [-0.2, 0) is 4.79 Å². The molecule has 5 rings (SSSR count). The summed E-state index contributed by atoms with van der Waals surface area (Å²) in [4.78, 5) is 12.7. The average Bonchev–Trinajstić information content (AvgIpc) is 2.70. The van der Waals surface area contributed by atoms with Crippen LogP contribution in [0.3, 0.4) is 0 Å². The molecule has 0 aromatic carbocycles. The highest BCUT2D eigenvalue weighted by atomic mass is 16.1. The van der Waals surface area contributed by atoms with E-state index in [4.69, 9.17) is 0 Å². The Morgan fingerprint density at radius 3 is 2.10 bits per heavy atom. The summed E-state index contributed by atoms with van der Waals surface area (Å²) < 4.78 is 0. The van der Waals surface area contributed by atoms with Crippen LogP contribution in [0.1, 0.15) is 120 Å². The van der Waals surface area contributed by atoms with E-state index < -0.39 is 0 Å². The second kappa shape index (κ2) is 6.63. The van der Waals surface area contributed by atoms with Gasteiger partial charge in [0.05, 0.1) is 0 Å². The van der Waals surface area contributed by atoms with E-state index >= 15 is 0 Å². The Hall–Kier alpha value is -0.330. The maximum atomic E-state index is 12.7. The molecule has 5 aliphatic rings. The number of carbonyl (C=O) groups is 1. The molecule has 0 N–H and O–H groups in total. The summed E-state index contributed by atoms with van der Waals surface area (Å²) in [5.74, 6) is 4.68. The van der Waals surface area contributed by atoms with Crippen molar-refractivity contribution >= 4 is 5.78 Å². The molecular weight excluding hydrogens is 376 g/mol. The minimum Gasteiger partial charge on any atom is -0.299 e. The molecule has 0 aromatic heterocycles. The van der Waals surface area contributed by atoms with Crippen molar-refractivity contribution in [1.82, 2.24) is 0 Å². The first-order valence-electron chi connectivity index (χ1n) is 13.8. The minimum absolute atomic E-state index is 0.293. The minimum atomic E-state index is 0.293. The molecule has 31 heavy (non-hydrogen) atoms. The Bertz CT molecular complexity index is 766. The van der Waals surface area contributed by atoms with Crippen molar-refractivity contribution in [3.05, 3.63) is 0 Å². The molecule has 5 saturated carbocycles. The zero-order valence-electron chi connectivity index (χ0n) is 21.9. The van der Waals surface area contributed by atoms with Crippen molar-refractivity contribution in [3.8, 4) is 0 Å². The number of Topliss-reactive ketones (excluding diaryl/α,β-unsaturated/α-hetero) is 1. The van der Waals surface area contributed by atoms with Gasteiger partial charge in [0, 0.05) is 12.3 Å². The number of hydrogen-bond donors (Lipinski definition) is 0. The zero-order valence-corrected chi connectivity index (χ0v) is 21.9. The summed E-state index contributed by atoms with van der Waals surface area (Å²) in [5.41, 5.74) is 2.45. The van der Waals surface area contributed by atoms with Crippen molar-refractivity contribution in [2.75, 3.05) is 0 Å². The molecule has 0 heterocycles. The average molecular weight is 427 g/mol. The first kappa shape index (κ1) is 22.5. The van der Waals surface area contributed by atoms with Gasteiger partial charge in [0.15, 0.2) is 0 Å². The molecule has 5 aliphatic carbocycles. The van der Waals surface area contributed by atoms with Crippen molar-refractivity contribution in [2.45, 2.75) is 120 Å². The highest BCUT2D eigenvalue weighted by Gasteiger charge is 2.70. The van der Waals surface area contributed by atoms with Gasteiger partial charge in [0.25, 0.3) is 0 Å². The lowest BCUT2D eigenvalue weighted by Gasteiger charge is -2.74. The third-order valence-corrected chi connectivity index (χ3v) is 13.4. The van der Waals surface area contributed by atoms with Crippen LogP contribution in [-0.4, -0.2) is 5.78 Å². The van der Waals surface area contributed by atoms with Crippen LogP contribution < -0.4 is 0 Å². The lowest BCUT2D eigenvalue weighted by atomic mass is 9.30. The van der Waals surface area contributed by atoms with Crippen molar-refractivity contribution in [3.63, 3.8) is 0 Å². The Kier molecular flexibility index (Phi) is 4.80. The highest BCUT2D eigenvalue weighted by Crippen LogP contribution is 2.77. The predicted molar refractivity (Wildman–Crippen MR) is 130 cm³/mol. The molecule has 176 valence electrons. The number of hydrogen-bond acceptors (Lipinski definition) is 1. The first-order valence-corrected chi connectivity index (χ1v) is 13.8. The second-order valence-corrected chi connectivity index (χ2v) is 15.2. The molecule has 0 aromatic rings. The molecule has 0 aliphatic heterocycles. The third kappa shape index (κ3) is 2.83. The fourth-order valence-electron chi connectivity index (χ4n) is 11.1. The number of carbonyl (C=O) groups excluding carboxylic acids is 1. The van der Waals surface area contributed by atoms with Crippen LogP contribution in [0.25, 0.3) is 0 Å². The van der Waals surface area contributed by atoms with Gasteiger partial charge in [-0.25, -0.2) is 0 Å². The lowest BCUT2D eigenvalue weighted by Crippen LogP contribution is -2.67. The molecule has 5 fully saturated rings. The second-order valence-electron chi connectivity index (χ2n) is 15.2. The van der Waals surface area contributed by atoms with Gasteiger partial charge < -0.3 is 0 Å². The van der Waals surface area contributed by atoms with Crippen LogP contribution in [0.4, 0.5) is 0 Å². The highest BCUT2D eigenvalue weighted by molar-refractivity contribution is 5.81. The van der Waals surface area contributed by atoms with E-state index in [0.29, 0.717) is 50.6 Å². The van der Waals surface area contributed by atoms with Crippen LogP contribution >= 0.6 is 0 Å². The molecule has 10 atom stereocenters. The van der Waals surface area contributed by atoms with E-state index in [0.717, 1.165) is 24.2 Å². The topological polar surface area (TPSA) is 17.1 Å². The maximum Gasteiger partial charge on any atom is 0.136 e. The Morgan fingerprint density at radius 2 is 1.39 bits per heavy atom. The largest absolute Gasteiger partial charge is 0.299 e. The van der Waals surface area contributed by atoms with E-state index in [-0.39, 0.29) is 0 Å². The van der Waals surface area contributed by atoms with E-state index in [9.17, 15) is 4.79 Å². The quantitative estimate of drug-likeness (QED) is 0.380. The summed E-state index contributed by atoms with van der Waals surface area (Å²) in [7, 11) is 0. The van der Waals surface area contributed by atoms with E-state index in [1.54, 1.807) is 0 Å². The smallest absolute Gasteiger partial charge is 0.136 e. The van der Waals surface area contributed by atoms with Gasteiger partial charge >= 0.3 is 0 Å². The molecule has 0 radical (unpaired) electrons. The fourth-order valence-corrected chi connectivity index (χ4v) is 11.1. The van der Waals surface area contributed by atoms with Crippen LogP contribution in [0.2, 0.25) is 0 Å². The molecule has 0 spiro atoms. The molecule has 0 bridgehead atoms. The molecule has 0 saturated heterocycles. The van der Waals surface area contributed by atoms with E-state index in [1.807, 2.05) is 0 Å². The van der Waals surface area contributed by atoms with Gasteiger partial charge in [-0.1, -0.05) is 55.4 Å². The summed E-state index contributed by atoms with van der Waals surface area (Å²) in [5, 5.41) is 0. The SMILES string of the molecule is C[C@H]1C[C@H]2[C@@](C)(CC[C@@]3(C)[C@@H]4CC(C)(C)CC[C@]4(C)CC[C@]23C)[C@@H]2CCC(=O)[C@H](C)[C@H]21. The molecule has 0 amide bonds. The summed E-state index contributed by atoms with van der Waals surface area (Å²) >= 11 is 0. The maximum absolute atomic E-state index is 12.7. The zero-order chi connectivity index (χ0) is 22.6. The molecule has 1 nitrogen and oxygen atoms in total. The van der Waals surface area contributed by atoms with Gasteiger partial charge in [-0.3, -0.25) is 4.79 Å². The van der Waals surface area contributed by atoms with Crippen molar-refractivity contribution in [1.29, 1.82) is 0 Å². The molecule has 1 heteroatoms. The van der Waals surface area contributed by atoms with Crippen LogP contribution in [0.15, 0.2) is 0 Å². The van der Waals surface area contributed by atoms with Gasteiger partial charge in [-0.2, -0.15) is 0 Å². The lowest BCUT2D eigenvalue weighted by molar-refractivity contribution is -0.252. The molecular formula is C30H50O. The van der Waals surface area contributed by atoms with Crippen molar-refractivity contribution in [2.24, 2.45) is 62.6 Å². The Balaban J connectivity index is 1.55. The third-order valence-electron chi connectivity index (χ3n) is 13.4. The monoisotopic (exact) mass is 426 g/mol. The molecule has 0 unspecified atom stereocenters. The van der Waals surface area contributed by atoms with Crippen LogP contribution in [0.5, 0.6) is 0 Å². The van der Waals surface area contributed by atoms with Gasteiger partial charge in [-0.15, -0.1) is 0 Å². The van der Waals surface area contributed by atoms with E-state index in [2.05, 4.69) is 55.4 Å². The van der Waals surface area contributed by atoms with E-state index in [1.165, 1.54) is 57.8 Å². The number of ketones is 1. The fraction of sp³-hybridized carbons (Fsp3) is 0.967. The van der Waals surface area contributed by atoms with Gasteiger partial charge in [0.2, 0.25) is 0 Å². The standard InChI is InChI=1S/C30H50O/c1-19-17-23-28(6,21-9-10-22(31)20(2)25(19)21)14-16-30(8)24-18-26(3,4)11-12-27(24,5)13-15-29(23,30)7/h19-21,23-25H,9-18H2,1-8H3/t19-,20-,21+,23-,24+,25+,27+,28-,29+,30-/m0/s1. The number of rotatable bonds is 0. The number of fused-ring (bicyclic) bond motifs is 7.